The second-order valence-electron chi connectivity index (χ2n) is 3.16. The van der Waals surface area contributed by atoms with Crippen molar-refractivity contribution in [1.29, 1.82) is 5.26 Å². The molecule has 1 atom stereocenters. The fourth-order valence-electron chi connectivity index (χ4n) is 1.31. The molecule has 92 valence electrons. The molecule has 1 unspecified atom stereocenters. The number of nitrogens with zero attached hydrogens (tertiary/aromatic N) is 3. The van der Waals surface area contributed by atoms with Crippen LogP contribution in [0.3, 0.4) is 0 Å². The highest BCUT2D eigenvalue weighted by molar-refractivity contribution is 5.81. The largest absolute Gasteiger partial charge is 0.480 e. The van der Waals surface area contributed by atoms with Crippen molar-refractivity contribution in [3.8, 4) is 6.07 Å². The molecule has 0 aliphatic carbocycles. The number of nitro benzene ring substituents is 2. The predicted octanol–water partition coefficient (Wildman–Crippen LogP) is 1.19. The molecule has 1 N–H and O–H groups in total. The molecule has 0 aromatic heterocycles. The highest BCUT2D eigenvalue weighted by Gasteiger charge is 2.29. The standard InChI is InChI=1S/C9H5N3O6/c10-4-7(9(13)14)6-2-1-5(11(15)16)3-8(6)12(17)18/h1-3,7H,(H,13,14). The Morgan fingerprint density at radius 1 is 1.33 bits per heavy atom. The molecule has 0 radical (unpaired) electrons. The molecular formula is C9H5N3O6. The number of carboxylic acid groups (broad SMARTS) is 1. The topological polar surface area (TPSA) is 147 Å². The number of nitriles is 1. The second kappa shape index (κ2) is 4.88. The maximum Gasteiger partial charge on any atom is 0.325 e. The molecule has 0 saturated heterocycles. The zero-order valence-corrected chi connectivity index (χ0v) is 8.64. The summed E-state index contributed by atoms with van der Waals surface area (Å²) in [6.07, 6.45) is 0. The molecule has 0 bridgehead atoms. The van der Waals surface area contributed by atoms with E-state index in [0.29, 0.717) is 6.07 Å². The van der Waals surface area contributed by atoms with E-state index in [-0.39, 0.29) is 5.56 Å². The van der Waals surface area contributed by atoms with E-state index in [2.05, 4.69) is 0 Å². The fourth-order valence-corrected chi connectivity index (χ4v) is 1.31. The number of carboxylic acids is 1. The normalized spacial score (nSPS) is 11.3. The lowest BCUT2D eigenvalue weighted by molar-refractivity contribution is -0.394. The first kappa shape index (κ1) is 13.0. The molecule has 0 amide bonds. The lowest BCUT2D eigenvalue weighted by Crippen LogP contribution is -2.11. The smallest absolute Gasteiger partial charge is 0.325 e. The summed E-state index contributed by atoms with van der Waals surface area (Å²) in [5.74, 6) is -3.30. The van der Waals surface area contributed by atoms with Crippen LogP contribution < -0.4 is 0 Å². The van der Waals surface area contributed by atoms with Gasteiger partial charge in [0.2, 0.25) is 0 Å². The lowest BCUT2D eigenvalue weighted by atomic mass is 9.98. The van der Waals surface area contributed by atoms with E-state index in [1.807, 2.05) is 0 Å². The van der Waals surface area contributed by atoms with Crippen molar-refractivity contribution < 1.29 is 19.7 Å². The van der Waals surface area contributed by atoms with Gasteiger partial charge in [-0.15, -0.1) is 0 Å². The summed E-state index contributed by atoms with van der Waals surface area (Å²) in [4.78, 5) is 30.1. The Bertz CT molecular complexity index is 576. The van der Waals surface area contributed by atoms with Crippen LogP contribution in [-0.2, 0) is 4.79 Å². The predicted molar refractivity (Wildman–Crippen MR) is 55.7 cm³/mol. The van der Waals surface area contributed by atoms with Crippen LogP contribution in [0.5, 0.6) is 0 Å². The van der Waals surface area contributed by atoms with E-state index in [4.69, 9.17) is 10.4 Å². The van der Waals surface area contributed by atoms with Crippen molar-refractivity contribution in [3.63, 3.8) is 0 Å². The Labute approximate surface area is 99.2 Å². The molecule has 18 heavy (non-hydrogen) atoms. The van der Waals surface area contributed by atoms with E-state index >= 15 is 0 Å². The van der Waals surface area contributed by atoms with Gasteiger partial charge in [-0.05, 0) is 6.07 Å². The SMILES string of the molecule is N#CC(C(=O)O)c1ccc([N+](=O)[O-])cc1[N+](=O)[O-]. The molecule has 0 heterocycles. The van der Waals surface area contributed by atoms with Gasteiger partial charge in [-0.25, -0.2) is 0 Å². The average Bonchev–Trinajstić information content (AvgIpc) is 2.29. The van der Waals surface area contributed by atoms with Gasteiger partial charge in [0.1, 0.15) is 0 Å². The van der Waals surface area contributed by atoms with E-state index < -0.39 is 33.1 Å². The summed E-state index contributed by atoms with van der Waals surface area (Å²) in [5, 5.41) is 38.6. The maximum atomic E-state index is 10.7. The Morgan fingerprint density at radius 2 is 1.94 bits per heavy atom. The van der Waals surface area contributed by atoms with Gasteiger partial charge >= 0.3 is 5.97 Å². The number of hydrogen-bond donors (Lipinski definition) is 1. The molecule has 0 aliphatic heterocycles. The first-order valence-corrected chi connectivity index (χ1v) is 4.43. The Kier molecular flexibility index (Phi) is 3.53. The van der Waals surface area contributed by atoms with Crippen molar-refractivity contribution in [2.45, 2.75) is 5.92 Å². The molecule has 1 aromatic carbocycles. The van der Waals surface area contributed by atoms with Crippen LogP contribution in [0.25, 0.3) is 0 Å². The summed E-state index contributed by atoms with van der Waals surface area (Å²) in [7, 11) is 0. The minimum Gasteiger partial charge on any atom is -0.480 e. The highest BCUT2D eigenvalue weighted by atomic mass is 16.6. The van der Waals surface area contributed by atoms with Crippen LogP contribution in [-0.4, -0.2) is 20.9 Å². The molecular weight excluding hydrogens is 246 g/mol. The number of rotatable bonds is 4. The number of hydrogen-bond acceptors (Lipinski definition) is 6. The zero-order valence-electron chi connectivity index (χ0n) is 8.64. The van der Waals surface area contributed by atoms with E-state index in [1.165, 1.54) is 6.07 Å². The quantitative estimate of drug-likeness (QED) is 0.623. The number of benzene rings is 1. The van der Waals surface area contributed by atoms with Gasteiger partial charge in [0.05, 0.1) is 27.5 Å². The van der Waals surface area contributed by atoms with Gasteiger partial charge < -0.3 is 5.11 Å². The number of non-ortho nitro benzene ring substituents is 1. The van der Waals surface area contributed by atoms with Crippen molar-refractivity contribution >= 4 is 17.3 Å². The van der Waals surface area contributed by atoms with Gasteiger partial charge in [-0.3, -0.25) is 25.0 Å². The first-order chi connectivity index (χ1) is 8.38. The molecule has 9 heteroatoms. The zero-order chi connectivity index (χ0) is 13.9. The summed E-state index contributed by atoms with van der Waals surface area (Å²) < 4.78 is 0. The molecule has 0 spiro atoms. The van der Waals surface area contributed by atoms with Crippen molar-refractivity contribution in [3.05, 3.63) is 44.0 Å². The molecule has 0 saturated carbocycles. The lowest BCUT2D eigenvalue weighted by Gasteiger charge is -2.04. The van der Waals surface area contributed by atoms with Crippen LogP contribution in [0.2, 0.25) is 0 Å². The molecule has 1 rings (SSSR count). The van der Waals surface area contributed by atoms with Crippen molar-refractivity contribution in [1.82, 2.24) is 0 Å². The Hall–Kier alpha value is -3.02. The van der Waals surface area contributed by atoms with Gasteiger partial charge in [-0.1, -0.05) is 0 Å². The molecule has 0 aliphatic rings. The van der Waals surface area contributed by atoms with Gasteiger partial charge in [0.15, 0.2) is 5.92 Å². The summed E-state index contributed by atoms with van der Waals surface area (Å²) in [6.45, 7) is 0. The maximum absolute atomic E-state index is 10.7. The third kappa shape index (κ3) is 2.38. The van der Waals surface area contributed by atoms with Crippen LogP contribution in [0, 0.1) is 31.6 Å². The van der Waals surface area contributed by atoms with Crippen molar-refractivity contribution in [2.24, 2.45) is 0 Å². The van der Waals surface area contributed by atoms with Crippen LogP contribution in [0.1, 0.15) is 11.5 Å². The third-order valence-electron chi connectivity index (χ3n) is 2.11. The highest BCUT2D eigenvalue weighted by Crippen LogP contribution is 2.30. The monoisotopic (exact) mass is 251 g/mol. The minimum absolute atomic E-state index is 0.388. The van der Waals surface area contributed by atoms with E-state index in [0.717, 1.165) is 12.1 Å². The number of aliphatic carboxylic acids is 1. The van der Waals surface area contributed by atoms with Crippen LogP contribution in [0.15, 0.2) is 18.2 Å². The summed E-state index contributed by atoms with van der Waals surface area (Å²) in [6, 6.07) is 3.83. The summed E-state index contributed by atoms with van der Waals surface area (Å²) in [5.41, 5.74) is -1.70. The van der Waals surface area contributed by atoms with Crippen LogP contribution in [0.4, 0.5) is 11.4 Å². The summed E-state index contributed by atoms with van der Waals surface area (Å²) >= 11 is 0. The Balaban J connectivity index is 3.46. The average molecular weight is 251 g/mol. The van der Waals surface area contributed by atoms with Gasteiger partial charge in [0, 0.05) is 6.07 Å². The first-order valence-electron chi connectivity index (χ1n) is 4.43. The van der Waals surface area contributed by atoms with Gasteiger partial charge in [-0.2, -0.15) is 5.26 Å². The van der Waals surface area contributed by atoms with E-state index in [9.17, 15) is 25.0 Å². The second-order valence-corrected chi connectivity index (χ2v) is 3.16. The van der Waals surface area contributed by atoms with Gasteiger partial charge in [0.25, 0.3) is 11.4 Å². The van der Waals surface area contributed by atoms with E-state index in [1.54, 1.807) is 0 Å². The van der Waals surface area contributed by atoms with Crippen LogP contribution >= 0.6 is 0 Å². The molecule has 1 aromatic rings. The minimum atomic E-state index is -1.74. The molecule has 0 fully saturated rings. The number of carbonyl (C=O) groups is 1. The number of nitro groups is 2. The fraction of sp³-hybridized carbons (Fsp3) is 0.111. The molecule has 9 nitrogen and oxygen atoms in total. The third-order valence-corrected chi connectivity index (χ3v) is 2.11. The van der Waals surface area contributed by atoms with Crippen molar-refractivity contribution in [2.75, 3.05) is 0 Å². The Morgan fingerprint density at radius 3 is 2.33 bits per heavy atom.